The van der Waals surface area contributed by atoms with Crippen molar-refractivity contribution in [2.75, 3.05) is 6.61 Å². The van der Waals surface area contributed by atoms with Crippen LogP contribution in [0, 0.1) is 31.3 Å². The number of aromatic nitrogens is 1. The third-order valence-electron chi connectivity index (χ3n) is 7.05. The third kappa shape index (κ3) is 7.81. The maximum absolute atomic E-state index is 13.8. The molecule has 0 radical (unpaired) electrons. The SMILES string of the molecule is Cc1cc([Se]C(Cc2ccc(-c3cc(F)c(F)c(F)c3)cc2)c2sc(-c3ccc(C(F)(F)F)cc3)nc2C)ccc1OCC(=O)O. The zero-order valence-electron chi connectivity index (χ0n) is 24.3. The number of alkyl halides is 3. The minimum atomic E-state index is -4.45. The van der Waals surface area contributed by atoms with Gasteiger partial charge in [0.05, 0.1) is 0 Å². The molecule has 0 bridgehead atoms. The predicted molar refractivity (Wildman–Crippen MR) is 165 cm³/mol. The summed E-state index contributed by atoms with van der Waals surface area (Å²) in [5.41, 5.74) is 2.97. The second-order valence-corrected chi connectivity index (χ2v) is 14.1. The van der Waals surface area contributed by atoms with Crippen LogP contribution < -0.4 is 9.20 Å². The van der Waals surface area contributed by atoms with E-state index in [1.807, 2.05) is 38.1 Å². The molecule has 0 amide bonds. The standard InChI is InChI=1S/C34H25F6NO3SSe/c1-18-13-25(11-12-28(18)44-17-30(42)43)46-29(14-20-3-5-21(6-4-20)23-15-26(35)31(37)27(36)16-23)32-19(2)41-33(45-32)22-7-9-24(10-8-22)34(38,39)40/h3-13,15-16,29H,14,17H2,1-2H3,(H,42,43). The first-order valence-corrected chi connectivity index (χ1v) is 16.5. The molecule has 0 spiro atoms. The van der Waals surface area contributed by atoms with E-state index in [1.54, 1.807) is 18.2 Å². The molecule has 1 atom stereocenters. The summed E-state index contributed by atoms with van der Waals surface area (Å²) in [5, 5.41) is 9.55. The number of hydrogen-bond acceptors (Lipinski definition) is 4. The van der Waals surface area contributed by atoms with E-state index in [-0.39, 0.29) is 25.3 Å². The summed E-state index contributed by atoms with van der Waals surface area (Å²) in [6.45, 7) is 3.22. The molecule has 0 fully saturated rings. The molecule has 5 rings (SSSR count). The second-order valence-electron chi connectivity index (χ2n) is 10.4. The van der Waals surface area contributed by atoms with E-state index in [4.69, 9.17) is 14.8 Å². The van der Waals surface area contributed by atoms with Crippen LogP contribution in [0.1, 0.15) is 32.1 Å². The van der Waals surface area contributed by atoms with Gasteiger partial charge < -0.3 is 0 Å². The zero-order valence-corrected chi connectivity index (χ0v) is 26.8. The number of benzene rings is 4. The van der Waals surface area contributed by atoms with Crippen molar-refractivity contribution in [1.82, 2.24) is 4.98 Å². The Morgan fingerprint density at radius 2 is 1.52 bits per heavy atom. The van der Waals surface area contributed by atoms with Crippen molar-refractivity contribution in [1.29, 1.82) is 0 Å². The Morgan fingerprint density at radius 1 is 0.891 bits per heavy atom. The van der Waals surface area contributed by atoms with Gasteiger partial charge in [0.15, 0.2) is 0 Å². The van der Waals surface area contributed by atoms with Crippen LogP contribution >= 0.6 is 11.3 Å². The molecular formula is C34H25F6NO3SSe. The Kier molecular flexibility index (Phi) is 9.90. The monoisotopic (exact) mass is 721 g/mol. The van der Waals surface area contributed by atoms with Gasteiger partial charge in [-0.1, -0.05) is 0 Å². The molecule has 238 valence electrons. The first kappa shape index (κ1) is 33.2. The van der Waals surface area contributed by atoms with Gasteiger partial charge in [-0.25, -0.2) is 0 Å². The molecule has 1 unspecified atom stereocenters. The number of hydrogen-bond donors (Lipinski definition) is 1. The Hall–Kier alpha value is -4.12. The fourth-order valence-corrected chi connectivity index (χ4v) is 9.03. The van der Waals surface area contributed by atoms with E-state index in [9.17, 15) is 31.1 Å². The van der Waals surface area contributed by atoms with E-state index >= 15 is 0 Å². The van der Waals surface area contributed by atoms with Crippen molar-refractivity contribution in [3.63, 3.8) is 0 Å². The third-order valence-corrected chi connectivity index (χ3v) is 11.3. The number of ether oxygens (including phenoxy) is 1. The molecule has 0 aliphatic heterocycles. The second kappa shape index (κ2) is 13.7. The van der Waals surface area contributed by atoms with Crippen molar-refractivity contribution in [3.05, 3.63) is 124 Å². The van der Waals surface area contributed by atoms with Crippen LogP contribution in [0.2, 0.25) is 0 Å². The van der Waals surface area contributed by atoms with Crippen molar-refractivity contribution in [2.24, 2.45) is 0 Å². The van der Waals surface area contributed by atoms with Crippen molar-refractivity contribution in [3.8, 4) is 27.4 Å². The minimum absolute atomic E-state index is 0.0649. The molecule has 0 saturated heterocycles. The van der Waals surface area contributed by atoms with E-state index in [1.165, 1.54) is 23.5 Å². The Morgan fingerprint density at radius 3 is 2.11 bits per heavy atom. The fraction of sp³-hybridized carbons (Fsp3) is 0.176. The van der Waals surface area contributed by atoms with Crippen LogP contribution in [0.5, 0.6) is 5.75 Å². The van der Waals surface area contributed by atoms with Gasteiger partial charge in [-0.3, -0.25) is 0 Å². The molecule has 1 N–H and O–H groups in total. The zero-order chi connectivity index (χ0) is 33.2. The normalized spacial score (nSPS) is 12.3. The molecule has 4 aromatic carbocycles. The molecule has 1 heterocycles. The molecule has 0 aliphatic rings. The van der Waals surface area contributed by atoms with Crippen LogP contribution in [-0.4, -0.2) is 37.6 Å². The number of nitrogens with zero attached hydrogens (tertiary/aromatic N) is 1. The number of aryl methyl sites for hydroxylation is 2. The van der Waals surface area contributed by atoms with Crippen molar-refractivity contribution in [2.45, 2.75) is 31.3 Å². The fourth-order valence-electron chi connectivity index (χ4n) is 4.75. The average Bonchev–Trinajstić information content (AvgIpc) is 3.40. The summed E-state index contributed by atoms with van der Waals surface area (Å²) < 4.78 is 86.9. The topological polar surface area (TPSA) is 59.4 Å². The van der Waals surface area contributed by atoms with Gasteiger partial charge in [-0.05, 0) is 0 Å². The van der Waals surface area contributed by atoms with Crippen molar-refractivity contribution < 1.29 is 41.0 Å². The summed E-state index contributed by atoms with van der Waals surface area (Å²) in [6.07, 6.45) is -3.89. The quantitative estimate of drug-likeness (QED) is 0.0897. The number of rotatable bonds is 10. The summed E-state index contributed by atoms with van der Waals surface area (Å²) in [5.74, 6) is -4.71. The summed E-state index contributed by atoms with van der Waals surface area (Å²) in [6, 6.07) is 19.4. The first-order chi connectivity index (χ1) is 21.8. The number of aliphatic carboxylic acids is 1. The Bertz CT molecular complexity index is 1850. The molecule has 1 aromatic heterocycles. The molecule has 0 saturated carbocycles. The summed E-state index contributed by atoms with van der Waals surface area (Å²) in [7, 11) is 0. The van der Waals surface area contributed by atoms with E-state index in [2.05, 4.69) is 0 Å². The van der Waals surface area contributed by atoms with Gasteiger partial charge in [0.1, 0.15) is 0 Å². The molecule has 12 heteroatoms. The number of halogens is 6. The van der Waals surface area contributed by atoms with Gasteiger partial charge >= 0.3 is 272 Å². The van der Waals surface area contributed by atoms with Crippen LogP contribution in [0.15, 0.2) is 78.9 Å². The maximum atomic E-state index is 13.8. The van der Waals surface area contributed by atoms with Gasteiger partial charge in [0.25, 0.3) is 0 Å². The molecule has 4 nitrogen and oxygen atoms in total. The Balaban J connectivity index is 1.46. The van der Waals surface area contributed by atoms with Crippen LogP contribution in [0.3, 0.4) is 0 Å². The van der Waals surface area contributed by atoms with E-state index in [0.29, 0.717) is 28.3 Å². The van der Waals surface area contributed by atoms with Gasteiger partial charge in [-0.2, -0.15) is 0 Å². The van der Waals surface area contributed by atoms with E-state index in [0.717, 1.165) is 50.4 Å². The predicted octanol–water partition coefficient (Wildman–Crippen LogP) is 8.31. The van der Waals surface area contributed by atoms with Crippen molar-refractivity contribution >= 4 is 36.7 Å². The number of thiazole rings is 1. The van der Waals surface area contributed by atoms with Crippen LogP contribution in [0.25, 0.3) is 21.7 Å². The van der Waals surface area contributed by atoms with Gasteiger partial charge in [0.2, 0.25) is 0 Å². The number of carbonyl (C=O) groups is 1. The molecule has 0 aliphatic carbocycles. The van der Waals surface area contributed by atoms with E-state index < -0.39 is 41.8 Å². The van der Waals surface area contributed by atoms with Crippen LogP contribution in [-0.2, 0) is 17.4 Å². The first-order valence-electron chi connectivity index (χ1n) is 13.8. The van der Waals surface area contributed by atoms with Gasteiger partial charge in [0, 0.05) is 0 Å². The molecular weight excluding hydrogens is 695 g/mol. The summed E-state index contributed by atoms with van der Waals surface area (Å²) in [4.78, 5) is 16.5. The number of carboxylic acid groups (broad SMARTS) is 1. The number of carboxylic acids is 1. The molecule has 46 heavy (non-hydrogen) atoms. The Labute approximate surface area is 270 Å². The van der Waals surface area contributed by atoms with Gasteiger partial charge in [-0.15, -0.1) is 0 Å². The average molecular weight is 721 g/mol. The van der Waals surface area contributed by atoms with Crippen LogP contribution in [0.4, 0.5) is 26.3 Å². The molecule has 5 aromatic rings. The summed E-state index contributed by atoms with van der Waals surface area (Å²) >= 11 is 1.22.